The zero-order valence-electron chi connectivity index (χ0n) is 18.5. The van der Waals surface area contributed by atoms with Gasteiger partial charge in [0.05, 0.1) is 16.2 Å². The number of nitrogens with zero attached hydrogens (tertiary/aromatic N) is 2. The largest absolute Gasteiger partial charge is 0.452 e. The van der Waals surface area contributed by atoms with Crippen molar-refractivity contribution in [3.8, 4) is 0 Å². The van der Waals surface area contributed by atoms with Crippen molar-refractivity contribution >= 4 is 45.3 Å². The number of hydrogen-bond donors (Lipinski definition) is 1. The summed E-state index contributed by atoms with van der Waals surface area (Å²) in [5.74, 6) is -1.02. The van der Waals surface area contributed by atoms with Crippen LogP contribution in [-0.4, -0.2) is 63.6 Å². The molecule has 2 amide bonds. The number of hydrogen-bond acceptors (Lipinski definition) is 7. The molecule has 0 aromatic heterocycles. The molecule has 0 unspecified atom stereocenters. The van der Waals surface area contributed by atoms with Crippen LogP contribution < -0.4 is 10.0 Å². The first-order chi connectivity index (χ1) is 15.5. The zero-order chi connectivity index (χ0) is 24.3. The van der Waals surface area contributed by atoms with Crippen LogP contribution in [0.5, 0.6) is 0 Å². The van der Waals surface area contributed by atoms with E-state index in [2.05, 4.69) is 0 Å². The third kappa shape index (κ3) is 5.73. The van der Waals surface area contributed by atoms with Gasteiger partial charge in [0.1, 0.15) is 0 Å². The Hall–Kier alpha value is -2.89. The summed E-state index contributed by atoms with van der Waals surface area (Å²) in [6.45, 7) is 1.35. The van der Waals surface area contributed by atoms with Gasteiger partial charge in [0.25, 0.3) is 5.91 Å². The molecule has 0 aliphatic carbocycles. The van der Waals surface area contributed by atoms with E-state index in [1.807, 2.05) is 6.92 Å². The Morgan fingerprint density at radius 1 is 1.18 bits per heavy atom. The second-order valence-electron chi connectivity index (χ2n) is 7.80. The Kier molecular flexibility index (Phi) is 7.45. The van der Waals surface area contributed by atoms with E-state index in [1.165, 1.54) is 39.8 Å². The first kappa shape index (κ1) is 24.7. The van der Waals surface area contributed by atoms with E-state index in [4.69, 9.17) is 9.88 Å². The number of anilines is 1. The molecule has 11 heteroatoms. The highest BCUT2D eigenvalue weighted by Gasteiger charge is 2.32. The van der Waals surface area contributed by atoms with Crippen LogP contribution in [0, 0.1) is 0 Å². The summed E-state index contributed by atoms with van der Waals surface area (Å²) in [7, 11) is -0.540. The number of thioether (sulfide) groups is 1. The van der Waals surface area contributed by atoms with Crippen LogP contribution in [0.2, 0.25) is 0 Å². The SMILES string of the molecule is C[C@H]1Cc2cc(S(N)(=O)=O)ccc2N1C(=O)COC(=O)c1ccccc1SCC(=O)N(C)C. The summed E-state index contributed by atoms with van der Waals surface area (Å²) in [5.41, 5.74) is 1.52. The number of primary sulfonamides is 1. The lowest BCUT2D eigenvalue weighted by molar-refractivity contribution is -0.126. The smallest absolute Gasteiger partial charge is 0.339 e. The minimum absolute atomic E-state index is 0.0176. The van der Waals surface area contributed by atoms with Crippen molar-refractivity contribution in [3.63, 3.8) is 0 Å². The molecule has 0 saturated heterocycles. The van der Waals surface area contributed by atoms with Gasteiger partial charge in [0, 0.05) is 30.7 Å². The Morgan fingerprint density at radius 2 is 1.88 bits per heavy atom. The molecule has 2 aromatic carbocycles. The van der Waals surface area contributed by atoms with E-state index in [1.54, 1.807) is 38.4 Å². The van der Waals surface area contributed by atoms with Gasteiger partial charge in [-0.25, -0.2) is 18.4 Å². The topological polar surface area (TPSA) is 127 Å². The highest BCUT2D eigenvalue weighted by Crippen LogP contribution is 2.34. The number of ether oxygens (including phenoxy) is 1. The third-order valence-corrected chi connectivity index (χ3v) is 7.12. The van der Waals surface area contributed by atoms with Crippen LogP contribution in [0.1, 0.15) is 22.8 Å². The minimum Gasteiger partial charge on any atom is -0.452 e. The molecule has 1 atom stereocenters. The fraction of sp³-hybridized carbons (Fsp3) is 0.318. The average molecular weight is 492 g/mol. The molecule has 1 heterocycles. The van der Waals surface area contributed by atoms with E-state index in [0.717, 1.165) is 0 Å². The van der Waals surface area contributed by atoms with Gasteiger partial charge < -0.3 is 14.5 Å². The van der Waals surface area contributed by atoms with Crippen molar-refractivity contribution in [2.45, 2.75) is 29.2 Å². The standard InChI is InChI=1S/C22H25N3O6S2/c1-14-10-15-11-16(33(23,29)30)8-9-18(15)25(14)20(26)12-31-22(28)17-6-4-5-7-19(17)32-13-21(27)24(2)3/h4-9,11,14H,10,12-13H2,1-3H3,(H2,23,29,30)/t14-/m0/s1. The molecule has 176 valence electrons. The van der Waals surface area contributed by atoms with E-state index < -0.39 is 28.5 Å². The van der Waals surface area contributed by atoms with E-state index in [0.29, 0.717) is 22.6 Å². The van der Waals surface area contributed by atoms with Gasteiger partial charge in [-0.2, -0.15) is 0 Å². The quantitative estimate of drug-likeness (QED) is 0.461. The molecular formula is C22H25N3O6S2. The lowest BCUT2D eigenvalue weighted by Gasteiger charge is -2.22. The Labute approximate surface area is 196 Å². The van der Waals surface area contributed by atoms with Crippen LogP contribution in [0.15, 0.2) is 52.3 Å². The summed E-state index contributed by atoms with van der Waals surface area (Å²) in [6, 6.07) is 10.8. The summed E-state index contributed by atoms with van der Waals surface area (Å²) in [5, 5.41) is 5.19. The number of carbonyl (C=O) groups excluding carboxylic acids is 3. The van der Waals surface area contributed by atoms with Crippen LogP contribution in [0.4, 0.5) is 5.69 Å². The number of nitrogens with two attached hydrogens (primary N) is 1. The van der Waals surface area contributed by atoms with E-state index in [-0.39, 0.29) is 28.2 Å². The first-order valence-electron chi connectivity index (χ1n) is 10.1. The molecular weight excluding hydrogens is 466 g/mol. The Balaban J connectivity index is 1.69. The van der Waals surface area contributed by atoms with Gasteiger partial charge in [-0.05, 0) is 49.2 Å². The van der Waals surface area contributed by atoms with Crippen molar-refractivity contribution in [1.82, 2.24) is 4.90 Å². The number of fused-ring (bicyclic) bond motifs is 1. The van der Waals surface area contributed by atoms with Gasteiger partial charge in [0.2, 0.25) is 15.9 Å². The maximum Gasteiger partial charge on any atom is 0.339 e. The van der Waals surface area contributed by atoms with Crippen LogP contribution in [0.3, 0.4) is 0 Å². The number of benzene rings is 2. The van der Waals surface area contributed by atoms with E-state index in [9.17, 15) is 22.8 Å². The molecule has 33 heavy (non-hydrogen) atoms. The molecule has 0 fully saturated rings. The fourth-order valence-electron chi connectivity index (χ4n) is 3.47. The van der Waals surface area contributed by atoms with Gasteiger partial charge in [-0.1, -0.05) is 12.1 Å². The summed E-state index contributed by atoms with van der Waals surface area (Å²) >= 11 is 1.22. The molecule has 1 aliphatic rings. The minimum atomic E-state index is -3.85. The maximum absolute atomic E-state index is 12.9. The molecule has 0 bridgehead atoms. The highest BCUT2D eigenvalue weighted by atomic mass is 32.2. The molecule has 0 saturated carbocycles. The Morgan fingerprint density at radius 3 is 2.55 bits per heavy atom. The predicted molar refractivity (Wildman–Crippen MR) is 125 cm³/mol. The monoisotopic (exact) mass is 491 g/mol. The van der Waals surface area contributed by atoms with Crippen molar-refractivity contribution in [1.29, 1.82) is 0 Å². The molecule has 2 aromatic rings. The summed E-state index contributed by atoms with van der Waals surface area (Å²) in [6.07, 6.45) is 0.456. The fourth-order valence-corrected chi connectivity index (χ4v) is 5.05. The second-order valence-corrected chi connectivity index (χ2v) is 10.4. The lowest BCUT2D eigenvalue weighted by Crippen LogP contribution is -2.38. The van der Waals surface area contributed by atoms with Gasteiger partial charge in [-0.15, -0.1) is 11.8 Å². The molecule has 0 radical (unpaired) electrons. The molecule has 9 nitrogen and oxygen atoms in total. The number of esters is 1. The normalized spacial score (nSPS) is 15.2. The summed E-state index contributed by atoms with van der Waals surface area (Å²) in [4.78, 5) is 40.9. The number of amides is 2. The van der Waals surface area contributed by atoms with Gasteiger partial charge in [-0.3, -0.25) is 9.59 Å². The molecule has 2 N–H and O–H groups in total. The Bertz CT molecular complexity index is 1200. The van der Waals surface area contributed by atoms with Crippen LogP contribution in [-0.2, 0) is 30.8 Å². The van der Waals surface area contributed by atoms with Crippen molar-refractivity contribution < 1.29 is 27.5 Å². The second kappa shape index (κ2) is 9.94. The van der Waals surface area contributed by atoms with Gasteiger partial charge >= 0.3 is 5.97 Å². The van der Waals surface area contributed by atoms with Crippen molar-refractivity contribution in [2.75, 3.05) is 31.4 Å². The van der Waals surface area contributed by atoms with Crippen LogP contribution >= 0.6 is 11.8 Å². The zero-order valence-corrected chi connectivity index (χ0v) is 20.1. The lowest BCUT2D eigenvalue weighted by atomic mass is 10.1. The van der Waals surface area contributed by atoms with Gasteiger partial charge in [0.15, 0.2) is 6.61 Å². The molecule has 3 rings (SSSR count). The molecule has 1 aliphatic heterocycles. The number of sulfonamides is 1. The van der Waals surface area contributed by atoms with Crippen LogP contribution in [0.25, 0.3) is 0 Å². The molecule has 0 spiro atoms. The van der Waals surface area contributed by atoms with E-state index >= 15 is 0 Å². The highest BCUT2D eigenvalue weighted by molar-refractivity contribution is 8.00. The summed E-state index contributed by atoms with van der Waals surface area (Å²) < 4.78 is 28.5. The number of carbonyl (C=O) groups is 3. The average Bonchev–Trinajstić information content (AvgIpc) is 3.10. The predicted octanol–water partition coefficient (Wildman–Crippen LogP) is 1.65. The third-order valence-electron chi connectivity index (χ3n) is 5.15. The van der Waals surface area contributed by atoms with Crippen molar-refractivity contribution in [3.05, 3.63) is 53.6 Å². The number of rotatable bonds is 7. The van der Waals surface area contributed by atoms with Crippen molar-refractivity contribution in [2.24, 2.45) is 5.14 Å². The first-order valence-corrected chi connectivity index (χ1v) is 12.6. The maximum atomic E-state index is 12.9.